The van der Waals surface area contributed by atoms with E-state index in [4.69, 9.17) is 4.74 Å². The zero-order valence-electron chi connectivity index (χ0n) is 16.0. The van der Waals surface area contributed by atoms with Crippen molar-refractivity contribution in [2.24, 2.45) is 0 Å². The largest absolute Gasteiger partial charge is 0.371 e. The lowest BCUT2D eigenvalue weighted by molar-refractivity contribution is -0.00255. The molecule has 2 aliphatic rings. The van der Waals surface area contributed by atoms with Crippen LogP contribution in [0, 0.1) is 0 Å². The fourth-order valence-electron chi connectivity index (χ4n) is 3.73. The summed E-state index contributed by atoms with van der Waals surface area (Å²) in [7, 11) is -7.02. The van der Waals surface area contributed by atoms with Gasteiger partial charge < -0.3 is 4.74 Å². The zero-order chi connectivity index (χ0) is 20.5. The highest BCUT2D eigenvalue weighted by Gasteiger charge is 2.32. The van der Waals surface area contributed by atoms with E-state index >= 15 is 0 Å². The minimum absolute atomic E-state index is 0.127. The smallest absolute Gasteiger partial charge is 0.243 e. The van der Waals surface area contributed by atoms with Crippen LogP contribution in [-0.2, 0) is 24.8 Å². The summed E-state index contributed by atoms with van der Waals surface area (Å²) in [6.07, 6.45) is 1.15. The molecule has 29 heavy (non-hydrogen) atoms. The highest BCUT2D eigenvalue weighted by Crippen LogP contribution is 2.29. The number of anilines is 1. The van der Waals surface area contributed by atoms with E-state index in [9.17, 15) is 16.8 Å². The van der Waals surface area contributed by atoms with Gasteiger partial charge in [-0.1, -0.05) is 30.3 Å². The average molecular weight is 437 g/mol. The molecule has 2 saturated heterocycles. The third-order valence-electron chi connectivity index (χ3n) is 5.31. The van der Waals surface area contributed by atoms with E-state index in [2.05, 4.69) is 0 Å². The van der Waals surface area contributed by atoms with Gasteiger partial charge in [-0.05, 0) is 42.7 Å². The molecule has 2 aromatic carbocycles. The van der Waals surface area contributed by atoms with Crippen LogP contribution in [0.2, 0.25) is 0 Å². The maximum atomic E-state index is 13.1. The van der Waals surface area contributed by atoms with E-state index in [0.29, 0.717) is 25.3 Å². The lowest BCUT2D eigenvalue weighted by Crippen LogP contribution is -2.42. The summed E-state index contributed by atoms with van der Waals surface area (Å²) in [5.41, 5.74) is 1.45. The van der Waals surface area contributed by atoms with Gasteiger partial charge in [0.2, 0.25) is 20.0 Å². The van der Waals surface area contributed by atoms with Gasteiger partial charge in [0.25, 0.3) is 0 Å². The SMILES string of the molecule is O=S1(=O)CCCCN1c1ccc(S(=O)(=O)N2CCO[C@@H](c3ccccc3)C2)cc1. The molecular weight excluding hydrogens is 412 g/mol. The van der Waals surface area contributed by atoms with Crippen molar-refractivity contribution < 1.29 is 21.6 Å². The molecule has 0 aliphatic carbocycles. The van der Waals surface area contributed by atoms with Crippen molar-refractivity contribution >= 4 is 25.7 Å². The maximum absolute atomic E-state index is 13.1. The Bertz CT molecular complexity index is 1050. The second kappa shape index (κ2) is 8.06. The predicted octanol–water partition coefficient (Wildman–Crippen LogP) is 2.38. The molecule has 2 heterocycles. The third kappa shape index (κ3) is 4.18. The van der Waals surface area contributed by atoms with Crippen LogP contribution in [-0.4, -0.2) is 53.1 Å². The molecule has 2 fully saturated rings. The predicted molar refractivity (Wildman–Crippen MR) is 111 cm³/mol. The molecule has 0 radical (unpaired) electrons. The van der Waals surface area contributed by atoms with Gasteiger partial charge in [-0.25, -0.2) is 16.8 Å². The Morgan fingerprint density at radius 2 is 1.66 bits per heavy atom. The molecule has 0 spiro atoms. The van der Waals surface area contributed by atoms with E-state index in [-0.39, 0.29) is 29.8 Å². The van der Waals surface area contributed by atoms with Crippen LogP contribution in [0.4, 0.5) is 5.69 Å². The first-order valence-electron chi connectivity index (χ1n) is 9.65. The molecule has 2 aromatic rings. The van der Waals surface area contributed by atoms with Crippen LogP contribution < -0.4 is 4.31 Å². The Labute approximate surface area is 172 Å². The van der Waals surface area contributed by atoms with Crippen LogP contribution in [0.25, 0.3) is 0 Å². The monoisotopic (exact) mass is 436 g/mol. The molecule has 7 nitrogen and oxygen atoms in total. The fourth-order valence-corrected chi connectivity index (χ4v) is 6.79. The summed E-state index contributed by atoms with van der Waals surface area (Å²) in [5.74, 6) is 0.127. The topological polar surface area (TPSA) is 84.0 Å². The van der Waals surface area contributed by atoms with Gasteiger partial charge in [0.15, 0.2) is 0 Å². The molecule has 4 rings (SSSR count). The van der Waals surface area contributed by atoms with Gasteiger partial charge in [-0.2, -0.15) is 4.31 Å². The van der Waals surface area contributed by atoms with Crippen molar-refractivity contribution in [2.75, 3.05) is 36.3 Å². The molecule has 156 valence electrons. The Balaban J connectivity index is 1.54. The van der Waals surface area contributed by atoms with Crippen LogP contribution in [0.1, 0.15) is 24.5 Å². The number of rotatable bonds is 4. The van der Waals surface area contributed by atoms with Crippen LogP contribution in [0.5, 0.6) is 0 Å². The lowest BCUT2D eigenvalue weighted by Gasteiger charge is -2.32. The highest BCUT2D eigenvalue weighted by atomic mass is 32.2. The van der Waals surface area contributed by atoms with Crippen LogP contribution in [0.15, 0.2) is 59.5 Å². The number of morpholine rings is 1. The van der Waals surface area contributed by atoms with E-state index in [1.807, 2.05) is 30.3 Å². The Kier molecular flexibility index (Phi) is 5.65. The first-order chi connectivity index (χ1) is 13.9. The third-order valence-corrected chi connectivity index (χ3v) is 9.06. The van der Waals surface area contributed by atoms with Crippen molar-refractivity contribution in [2.45, 2.75) is 23.8 Å². The molecule has 9 heteroatoms. The van der Waals surface area contributed by atoms with Gasteiger partial charge >= 0.3 is 0 Å². The lowest BCUT2D eigenvalue weighted by atomic mass is 10.1. The number of benzene rings is 2. The van der Waals surface area contributed by atoms with E-state index in [1.54, 1.807) is 12.1 Å². The van der Waals surface area contributed by atoms with Crippen LogP contribution in [0.3, 0.4) is 0 Å². The van der Waals surface area contributed by atoms with Gasteiger partial charge in [0.1, 0.15) is 0 Å². The Morgan fingerprint density at radius 3 is 2.34 bits per heavy atom. The molecule has 1 atom stereocenters. The molecule has 0 aromatic heterocycles. The van der Waals surface area contributed by atoms with Crippen molar-refractivity contribution in [3.05, 3.63) is 60.2 Å². The number of hydrogen-bond donors (Lipinski definition) is 0. The summed E-state index contributed by atoms with van der Waals surface area (Å²) in [6.45, 7) is 1.28. The highest BCUT2D eigenvalue weighted by molar-refractivity contribution is 7.92. The molecule has 0 amide bonds. The van der Waals surface area contributed by atoms with Gasteiger partial charge in [0.05, 0.1) is 29.0 Å². The average Bonchev–Trinajstić information content (AvgIpc) is 2.74. The molecule has 0 saturated carbocycles. The van der Waals surface area contributed by atoms with Gasteiger partial charge in [0, 0.05) is 19.6 Å². The first-order valence-corrected chi connectivity index (χ1v) is 12.7. The van der Waals surface area contributed by atoms with Crippen molar-refractivity contribution in [3.8, 4) is 0 Å². The quantitative estimate of drug-likeness (QED) is 0.735. The molecule has 0 unspecified atom stereocenters. The van der Waals surface area contributed by atoms with E-state index in [0.717, 1.165) is 12.0 Å². The standard InChI is InChI=1S/C20H24N2O5S2/c23-28(24)15-5-4-12-22(28)18-8-10-19(11-9-18)29(25,26)21-13-14-27-20(16-21)17-6-2-1-3-7-17/h1-3,6-11,20H,4-5,12-16H2/t20-/m1/s1. The normalized spacial score (nSPS) is 23.0. The summed E-state index contributed by atoms with van der Waals surface area (Å²) in [6, 6.07) is 15.7. The Morgan fingerprint density at radius 1 is 0.931 bits per heavy atom. The summed E-state index contributed by atoms with van der Waals surface area (Å²) < 4.78 is 59.3. The minimum atomic E-state index is -3.69. The van der Waals surface area contributed by atoms with Crippen LogP contribution >= 0.6 is 0 Å². The number of sulfonamides is 2. The molecule has 0 bridgehead atoms. The van der Waals surface area contributed by atoms with Crippen molar-refractivity contribution in [3.63, 3.8) is 0 Å². The molecule has 2 aliphatic heterocycles. The summed E-state index contributed by atoms with van der Waals surface area (Å²) in [4.78, 5) is 0.157. The maximum Gasteiger partial charge on any atom is 0.243 e. The van der Waals surface area contributed by atoms with Crippen molar-refractivity contribution in [1.82, 2.24) is 4.31 Å². The number of ether oxygens (including phenoxy) is 1. The summed E-state index contributed by atoms with van der Waals surface area (Å²) >= 11 is 0. The zero-order valence-corrected chi connectivity index (χ0v) is 17.6. The molecular formula is C20H24N2O5S2. The van der Waals surface area contributed by atoms with Gasteiger partial charge in [-0.3, -0.25) is 4.31 Å². The van der Waals surface area contributed by atoms with E-state index in [1.165, 1.54) is 20.7 Å². The second-order valence-corrected chi connectivity index (χ2v) is 11.2. The minimum Gasteiger partial charge on any atom is -0.371 e. The number of nitrogens with zero attached hydrogens (tertiary/aromatic N) is 2. The van der Waals surface area contributed by atoms with Gasteiger partial charge in [-0.15, -0.1) is 0 Å². The van der Waals surface area contributed by atoms with E-state index < -0.39 is 20.0 Å². The molecule has 0 N–H and O–H groups in total. The summed E-state index contributed by atoms with van der Waals surface area (Å²) in [5, 5.41) is 0. The second-order valence-electron chi connectivity index (χ2n) is 7.22. The van der Waals surface area contributed by atoms with Crippen molar-refractivity contribution in [1.29, 1.82) is 0 Å². The number of hydrogen-bond acceptors (Lipinski definition) is 5. The Hall–Kier alpha value is -1.94. The fraction of sp³-hybridized carbons (Fsp3) is 0.400. The first kappa shape index (κ1) is 20.3.